The van der Waals surface area contributed by atoms with Crippen LogP contribution in [0, 0.1) is 17.8 Å². The Labute approximate surface area is 172 Å². The molecule has 0 bridgehead atoms. The van der Waals surface area contributed by atoms with Gasteiger partial charge in [0.2, 0.25) is 12.3 Å². The minimum absolute atomic E-state index is 0.00516. The normalized spacial score (nSPS) is 16.2. The number of rotatable bonds is 5. The highest BCUT2D eigenvalue weighted by Gasteiger charge is 2.31. The first-order chi connectivity index (χ1) is 14.0. The van der Waals surface area contributed by atoms with Crippen molar-refractivity contribution >= 4 is 34.4 Å². The van der Waals surface area contributed by atoms with Crippen molar-refractivity contribution in [1.82, 2.24) is 24.3 Å². The van der Waals surface area contributed by atoms with Crippen LogP contribution in [0.5, 0.6) is 0 Å². The van der Waals surface area contributed by atoms with Gasteiger partial charge >= 0.3 is 0 Å². The van der Waals surface area contributed by atoms with Gasteiger partial charge in [-0.15, -0.1) is 0 Å². The molecule has 29 heavy (non-hydrogen) atoms. The third-order valence-corrected chi connectivity index (χ3v) is 5.66. The lowest BCUT2D eigenvalue weighted by Crippen LogP contribution is -2.31. The lowest BCUT2D eigenvalue weighted by molar-refractivity contribution is -0.133. The van der Waals surface area contributed by atoms with Crippen molar-refractivity contribution in [3.8, 4) is 11.8 Å². The number of hydrogen-bond donors (Lipinski definition) is 2. The van der Waals surface area contributed by atoms with Crippen LogP contribution < -0.4 is 5.32 Å². The number of likely N-dealkylation sites (tertiary alicyclic amines) is 1. The number of fused-ring (bicyclic) bond motifs is 1. The Morgan fingerprint density at radius 2 is 2.31 bits per heavy atom. The van der Waals surface area contributed by atoms with Gasteiger partial charge in [0.05, 0.1) is 23.3 Å². The fraction of sp³-hybridized carbons (Fsp3) is 0.400. The highest BCUT2D eigenvalue weighted by Crippen LogP contribution is 2.31. The minimum Gasteiger partial charge on any atom is -0.334 e. The number of carbonyl (C=O) groups is 2. The number of amides is 2. The molecule has 150 valence electrons. The molecule has 2 N–H and O–H groups in total. The van der Waals surface area contributed by atoms with E-state index in [4.69, 9.17) is 0 Å². The number of nitrogens with one attached hydrogen (secondary N) is 2. The number of carbonyl (C=O) groups excluding carboxylic acids is 2. The first-order valence-corrected chi connectivity index (χ1v) is 10.4. The summed E-state index contributed by atoms with van der Waals surface area (Å²) in [6.45, 7) is 4.91. The molecule has 0 spiro atoms. The first kappa shape index (κ1) is 19.2. The fourth-order valence-electron chi connectivity index (χ4n) is 3.50. The van der Waals surface area contributed by atoms with Crippen molar-refractivity contribution in [3.63, 3.8) is 0 Å². The Balaban J connectivity index is 1.47. The van der Waals surface area contributed by atoms with Crippen LogP contribution in [0.15, 0.2) is 18.6 Å². The molecule has 0 aromatic carbocycles. The Morgan fingerprint density at radius 1 is 1.45 bits per heavy atom. The quantitative estimate of drug-likeness (QED) is 0.499. The number of thiazole rings is 1. The first-order valence-electron chi connectivity index (χ1n) is 9.58. The van der Waals surface area contributed by atoms with E-state index < -0.39 is 0 Å². The Morgan fingerprint density at radius 3 is 3.07 bits per heavy atom. The van der Waals surface area contributed by atoms with Crippen molar-refractivity contribution in [2.45, 2.75) is 39.2 Å². The largest absolute Gasteiger partial charge is 0.334 e. The number of H-pyrrole nitrogens is 1. The number of imidazole rings is 2. The molecule has 1 fully saturated rings. The van der Waals surface area contributed by atoms with Crippen LogP contribution in [0.3, 0.4) is 0 Å². The summed E-state index contributed by atoms with van der Waals surface area (Å²) in [5, 5.41) is 2.53. The molecule has 0 saturated carbocycles. The predicted octanol–water partition coefficient (Wildman–Crippen LogP) is 2.80. The highest BCUT2D eigenvalue weighted by molar-refractivity contribution is 7.17. The molecule has 8 nitrogen and oxygen atoms in total. The second-order valence-corrected chi connectivity index (χ2v) is 8.46. The zero-order chi connectivity index (χ0) is 20.4. The van der Waals surface area contributed by atoms with Gasteiger partial charge < -0.3 is 15.2 Å². The van der Waals surface area contributed by atoms with Crippen molar-refractivity contribution in [2.75, 3.05) is 11.9 Å². The zero-order valence-corrected chi connectivity index (χ0v) is 17.1. The standard InChI is InChI=1S/C20H22N6O2S/c1-13(2)8-18(28)26-7-3-4-16(26)19-21-9-14(23-19)5-6-15-10-25-11-17(22-12-27)24-20(25)29-15/h9-13,16H,3-4,7-8H2,1-2H3,(H,21,23)(H,22,27)/t16-/m0/s1. The Kier molecular flexibility index (Phi) is 5.36. The second-order valence-electron chi connectivity index (χ2n) is 7.45. The molecule has 3 aromatic heterocycles. The SMILES string of the molecule is CC(C)CC(=O)N1CCC[C@H]1c1ncc(C#Cc2cn3cc(NC=O)nc3s2)[nH]1. The van der Waals surface area contributed by atoms with Crippen molar-refractivity contribution < 1.29 is 9.59 Å². The van der Waals surface area contributed by atoms with Gasteiger partial charge in [0, 0.05) is 19.2 Å². The third kappa shape index (κ3) is 4.17. The molecular formula is C20H22N6O2S. The molecule has 0 radical (unpaired) electrons. The summed E-state index contributed by atoms with van der Waals surface area (Å²) >= 11 is 1.44. The molecule has 2 amide bonds. The van der Waals surface area contributed by atoms with Crippen LogP contribution in [-0.2, 0) is 9.59 Å². The molecule has 9 heteroatoms. The molecule has 4 heterocycles. The van der Waals surface area contributed by atoms with E-state index in [1.165, 1.54) is 11.3 Å². The Bertz CT molecular complexity index is 1070. The van der Waals surface area contributed by atoms with E-state index in [2.05, 4.69) is 46.0 Å². The van der Waals surface area contributed by atoms with E-state index in [9.17, 15) is 9.59 Å². The summed E-state index contributed by atoms with van der Waals surface area (Å²) in [7, 11) is 0. The summed E-state index contributed by atoms with van der Waals surface area (Å²) in [5.74, 6) is 8.06. The molecule has 1 aliphatic heterocycles. The summed E-state index contributed by atoms with van der Waals surface area (Å²) < 4.78 is 1.83. The van der Waals surface area contributed by atoms with Crippen molar-refractivity contribution in [1.29, 1.82) is 0 Å². The van der Waals surface area contributed by atoms with Crippen LogP contribution >= 0.6 is 11.3 Å². The molecule has 0 unspecified atom stereocenters. The molecule has 1 aliphatic rings. The highest BCUT2D eigenvalue weighted by atomic mass is 32.1. The van der Waals surface area contributed by atoms with E-state index in [0.29, 0.717) is 24.6 Å². The fourth-order valence-corrected chi connectivity index (χ4v) is 4.32. The lowest BCUT2D eigenvalue weighted by Gasteiger charge is -2.24. The second kappa shape index (κ2) is 8.09. The van der Waals surface area contributed by atoms with Gasteiger partial charge in [-0.1, -0.05) is 25.2 Å². The van der Waals surface area contributed by atoms with Crippen LogP contribution in [0.1, 0.15) is 55.5 Å². The summed E-state index contributed by atoms with van der Waals surface area (Å²) in [4.78, 5) is 38.6. The molecule has 1 atom stereocenters. The van der Waals surface area contributed by atoms with Crippen LogP contribution in [0.25, 0.3) is 4.96 Å². The number of nitrogens with zero attached hydrogens (tertiary/aromatic N) is 4. The number of aromatic nitrogens is 4. The van der Waals surface area contributed by atoms with Gasteiger partial charge in [0.15, 0.2) is 10.8 Å². The van der Waals surface area contributed by atoms with Crippen molar-refractivity contribution in [3.05, 3.63) is 35.0 Å². The number of anilines is 1. The summed E-state index contributed by atoms with van der Waals surface area (Å²) in [5.41, 5.74) is 0.720. The topological polar surface area (TPSA) is 95.4 Å². The van der Waals surface area contributed by atoms with E-state index in [0.717, 1.165) is 40.7 Å². The average Bonchev–Trinajstić information content (AvgIpc) is 3.42. The van der Waals surface area contributed by atoms with Crippen LogP contribution in [0.2, 0.25) is 0 Å². The lowest BCUT2D eigenvalue weighted by atomic mass is 10.1. The van der Waals surface area contributed by atoms with Gasteiger partial charge in [-0.05, 0) is 30.6 Å². The van der Waals surface area contributed by atoms with Gasteiger partial charge in [0.25, 0.3) is 0 Å². The summed E-state index contributed by atoms with van der Waals surface area (Å²) in [6.07, 6.45) is 8.41. The molecular weight excluding hydrogens is 388 g/mol. The summed E-state index contributed by atoms with van der Waals surface area (Å²) in [6, 6.07) is 0.00516. The maximum Gasteiger partial charge on any atom is 0.223 e. The maximum absolute atomic E-state index is 12.5. The van der Waals surface area contributed by atoms with Gasteiger partial charge in [-0.25, -0.2) is 9.97 Å². The molecule has 1 saturated heterocycles. The molecule has 3 aromatic rings. The van der Waals surface area contributed by atoms with Gasteiger partial charge in [-0.2, -0.15) is 0 Å². The maximum atomic E-state index is 12.5. The number of aromatic amines is 1. The smallest absolute Gasteiger partial charge is 0.223 e. The van der Waals surface area contributed by atoms with E-state index in [1.807, 2.05) is 15.5 Å². The van der Waals surface area contributed by atoms with Crippen molar-refractivity contribution in [2.24, 2.45) is 5.92 Å². The monoisotopic (exact) mass is 410 g/mol. The van der Waals surface area contributed by atoms with Crippen LogP contribution in [0.4, 0.5) is 5.82 Å². The number of hydrogen-bond acceptors (Lipinski definition) is 5. The minimum atomic E-state index is 0.00516. The van der Waals surface area contributed by atoms with Gasteiger partial charge in [-0.3, -0.25) is 14.0 Å². The average molecular weight is 411 g/mol. The molecule has 4 rings (SSSR count). The van der Waals surface area contributed by atoms with E-state index in [-0.39, 0.29) is 11.9 Å². The van der Waals surface area contributed by atoms with E-state index >= 15 is 0 Å². The van der Waals surface area contributed by atoms with Gasteiger partial charge in [0.1, 0.15) is 11.5 Å². The van der Waals surface area contributed by atoms with Crippen LogP contribution in [-0.4, -0.2) is 43.1 Å². The Hall–Kier alpha value is -3.12. The van der Waals surface area contributed by atoms with E-state index in [1.54, 1.807) is 12.4 Å². The predicted molar refractivity (Wildman–Crippen MR) is 110 cm³/mol. The molecule has 0 aliphatic carbocycles. The zero-order valence-electron chi connectivity index (χ0n) is 16.3. The third-order valence-electron chi connectivity index (χ3n) is 4.75.